The van der Waals surface area contributed by atoms with E-state index in [4.69, 9.17) is 0 Å². The Morgan fingerprint density at radius 2 is 2.11 bits per heavy atom. The number of thiazole rings is 1. The molecule has 0 fully saturated rings. The Morgan fingerprint density at radius 1 is 1.33 bits per heavy atom. The lowest BCUT2D eigenvalue weighted by Gasteiger charge is -2.10. The van der Waals surface area contributed by atoms with Crippen LogP contribution in [0.25, 0.3) is 0 Å². The number of nitrogens with one attached hydrogen (secondary N) is 2. The predicted octanol–water partition coefficient (Wildman–Crippen LogP) is 2.21. The molecule has 0 aliphatic carbocycles. The largest absolute Gasteiger partial charge is 0.356 e. The van der Waals surface area contributed by atoms with Gasteiger partial charge in [0.2, 0.25) is 0 Å². The fourth-order valence-electron chi connectivity index (χ4n) is 1.54. The molecule has 102 valence electrons. The molecule has 1 aromatic rings. The summed E-state index contributed by atoms with van der Waals surface area (Å²) < 4.78 is 0. The van der Waals surface area contributed by atoms with Crippen molar-refractivity contribution in [2.24, 2.45) is 4.99 Å². The van der Waals surface area contributed by atoms with Crippen LogP contribution in [0, 0.1) is 0 Å². The van der Waals surface area contributed by atoms with Crippen LogP contribution in [-0.4, -0.2) is 31.1 Å². The van der Waals surface area contributed by atoms with Crippen LogP contribution >= 0.6 is 11.3 Å². The molecule has 0 spiro atoms. The van der Waals surface area contributed by atoms with Gasteiger partial charge in [-0.2, -0.15) is 0 Å². The molecule has 0 radical (unpaired) electrons. The second kappa shape index (κ2) is 8.91. The van der Waals surface area contributed by atoms with E-state index in [1.807, 2.05) is 0 Å². The molecular formula is C13H24N4S. The number of hydrogen-bond donors (Lipinski definition) is 2. The van der Waals surface area contributed by atoms with E-state index in [9.17, 15) is 0 Å². The van der Waals surface area contributed by atoms with Crippen LogP contribution in [-0.2, 0) is 12.8 Å². The molecule has 0 amide bonds. The van der Waals surface area contributed by atoms with Crippen LogP contribution < -0.4 is 10.6 Å². The molecule has 2 N–H and O–H groups in total. The highest BCUT2D eigenvalue weighted by molar-refractivity contribution is 7.09. The fourth-order valence-corrected chi connectivity index (χ4v) is 2.32. The van der Waals surface area contributed by atoms with E-state index in [0.717, 1.165) is 31.9 Å². The molecule has 0 saturated carbocycles. The lowest BCUT2D eigenvalue weighted by atomic mass is 10.3. The van der Waals surface area contributed by atoms with Crippen molar-refractivity contribution >= 4 is 17.3 Å². The van der Waals surface area contributed by atoms with Crippen molar-refractivity contribution in [3.05, 3.63) is 16.1 Å². The summed E-state index contributed by atoms with van der Waals surface area (Å²) in [6, 6.07) is 0. The van der Waals surface area contributed by atoms with Gasteiger partial charge in [0.05, 0.1) is 10.7 Å². The molecule has 0 atom stereocenters. The Morgan fingerprint density at radius 3 is 2.72 bits per heavy atom. The van der Waals surface area contributed by atoms with Crippen molar-refractivity contribution in [1.82, 2.24) is 15.6 Å². The summed E-state index contributed by atoms with van der Waals surface area (Å²) in [6.45, 7) is 6.18. The molecular weight excluding hydrogens is 244 g/mol. The zero-order valence-electron chi connectivity index (χ0n) is 11.6. The first kappa shape index (κ1) is 15.0. The van der Waals surface area contributed by atoms with Crippen LogP contribution in [0.3, 0.4) is 0 Å². The van der Waals surface area contributed by atoms with Crippen LogP contribution in [0.5, 0.6) is 0 Å². The molecule has 0 saturated heterocycles. The van der Waals surface area contributed by atoms with Gasteiger partial charge in [-0.15, -0.1) is 11.3 Å². The third kappa shape index (κ3) is 5.49. The smallest absolute Gasteiger partial charge is 0.190 e. The van der Waals surface area contributed by atoms with Crippen molar-refractivity contribution in [2.45, 2.75) is 39.5 Å². The summed E-state index contributed by atoms with van der Waals surface area (Å²) in [5, 5.41) is 9.97. The van der Waals surface area contributed by atoms with Crippen molar-refractivity contribution in [1.29, 1.82) is 0 Å². The highest BCUT2D eigenvalue weighted by Gasteiger charge is 2.01. The molecule has 0 bridgehead atoms. The standard InChI is InChI=1S/C13H24N4S/c1-4-6-8-15-13(14-3)16-9-7-11-10-18-12(5-2)17-11/h10H,4-9H2,1-3H3,(H2,14,15,16). The molecule has 5 heteroatoms. The number of unbranched alkanes of at least 4 members (excludes halogenated alkanes) is 1. The number of aliphatic imine (C=N–C) groups is 1. The van der Waals surface area contributed by atoms with Gasteiger partial charge >= 0.3 is 0 Å². The SMILES string of the molecule is CCCCNC(=NC)NCCc1csc(CC)n1. The number of nitrogens with zero attached hydrogens (tertiary/aromatic N) is 2. The van der Waals surface area contributed by atoms with Gasteiger partial charge in [0.1, 0.15) is 0 Å². The molecule has 1 heterocycles. The van der Waals surface area contributed by atoms with Gasteiger partial charge in [0.15, 0.2) is 5.96 Å². The predicted molar refractivity (Wildman–Crippen MR) is 79.5 cm³/mol. The second-order valence-electron chi connectivity index (χ2n) is 4.12. The Bertz CT molecular complexity index is 360. The van der Waals surface area contributed by atoms with Gasteiger partial charge in [0.25, 0.3) is 0 Å². The first-order valence-electron chi connectivity index (χ1n) is 6.67. The molecule has 4 nitrogen and oxygen atoms in total. The summed E-state index contributed by atoms with van der Waals surface area (Å²) in [6.07, 6.45) is 4.35. The average molecular weight is 268 g/mol. The van der Waals surface area contributed by atoms with Crippen molar-refractivity contribution in [2.75, 3.05) is 20.1 Å². The maximum atomic E-state index is 4.55. The quantitative estimate of drug-likeness (QED) is 0.453. The van der Waals surface area contributed by atoms with Gasteiger partial charge < -0.3 is 10.6 Å². The summed E-state index contributed by atoms with van der Waals surface area (Å²) in [5.74, 6) is 0.884. The molecule has 18 heavy (non-hydrogen) atoms. The van der Waals surface area contributed by atoms with Crippen LogP contribution in [0.4, 0.5) is 0 Å². The minimum absolute atomic E-state index is 0.874. The maximum absolute atomic E-state index is 4.55. The van der Waals surface area contributed by atoms with E-state index in [1.165, 1.54) is 23.5 Å². The lowest BCUT2D eigenvalue weighted by molar-refractivity contribution is 0.725. The number of rotatable bonds is 7. The zero-order chi connectivity index (χ0) is 13.2. The molecule has 0 unspecified atom stereocenters. The third-order valence-electron chi connectivity index (χ3n) is 2.62. The van der Waals surface area contributed by atoms with E-state index in [-0.39, 0.29) is 0 Å². The molecule has 0 aliphatic heterocycles. The second-order valence-corrected chi connectivity index (χ2v) is 5.06. The zero-order valence-corrected chi connectivity index (χ0v) is 12.4. The van der Waals surface area contributed by atoms with Gasteiger partial charge in [-0.05, 0) is 12.8 Å². The van der Waals surface area contributed by atoms with Crippen LogP contribution in [0.1, 0.15) is 37.4 Å². The van der Waals surface area contributed by atoms with Gasteiger partial charge in [0, 0.05) is 31.9 Å². The minimum atomic E-state index is 0.874. The van der Waals surface area contributed by atoms with E-state index >= 15 is 0 Å². The van der Waals surface area contributed by atoms with Crippen molar-refractivity contribution in [3.8, 4) is 0 Å². The van der Waals surface area contributed by atoms with Crippen molar-refractivity contribution < 1.29 is 0 Å². The lowest BCUT2D eigenvalue weighted by Crippen LogP contribution is -2.38. The van der Waals surface area contributed by atoms with Crippen molar-refractivity contribution in [3.63, 3.8) is 0 Å². The summed E-state index contributed by atoms with van der Waals surface area (Å²) >= 11 is 1.75. The normalized spacial score (nSPS) is 11.6. The minimum Gasteiger partial charge on any atom is -0.356 e. The fraction of sp³-hybridized carbons (Fsp3) is 0.692. The van der Waals surface area contributed by atoms with E-state index in [2.05, 4.69) is 39.8 Å². The molecule has 0 aliphatic rings. The van der Waals surface area contributed by atoms with Gasteiger partial charge in [-0.1, -0.05) is 20.3 Å². The Hall–Kier alpha value is -1.10. The summed E-state index contributed by atoms with van der Waals surface area (Å²) in [5.41, 5.74) is 1.17. The Labute approximate surface area is 114 Å². The maximum Gasteiger partial charge on any atom is 0.190 e. The molecule has 0 aromatic carbocycles. The van der Waals surface area contributed by atoms with Gasteiger partial charge in [-0.25, -0.2) is 4.98 Å². The van der Waals surface area contributed by atoms with Crippen LogP contribution in [0.2, 0.25) is 0 Å². The van der Waals surface area contributed by atoms with E-state index < -0.39 is 0 Å². The van der Waals surface area contributed by atoms with E-state index in [1.54, 1.807) is 18.4 Å². The average Bonchev–Trinajstić information content (AvgIpc) is 2.85. The molecule has 1 aromatic heterocycles. The molecule has 1 rings (SSSR count). The number of guanidine groups is 1. The van der Waals surface area contributed by atoms with E-state index in [0.29, 0.717) is 0 Å². The topological polar surface area (TPSA) is 49.3 Å². The number of aromatic nitrogens is 1. The number of hydrogen-bond acceptors (Lipinski definition) is 3. The highest BCUT2D eigenvalue weighted by Crippen LogP contribution is 2.09. The van der Waals surface area contributed by atoms with Crippen LogP contribution in [0.15, 0.2) is 10.4 Å². The first-order chi connectivity index (χ1) is 8.80. The third-order valence-corrected chi connectivity index (χ3v) is 3.66. The Kier molecular flexibility index (Phi) is 7.41. The van der Waals surface area contributed by atoms with Gasteiger partial charge in [-0.3, -0.25) is 4.99 Å². The number of aryl methyl sites for hydroxylation is 1. The monoisotopic (exact) mass is 268 g/mol. The first-order valence-corrected chi connectivity index (χ1v) is 7.55. The summed E-state index contributed by atoms with van der Waals surface area (Å²) in [4.78, 5) is 8.73. The summed E-state index contributed by atoms with van der Waals surface area (Å²) in [7, 11) is 1.80. The Balaban J connectivity index is 2.22. The highest BCUT2D eigenvalue weighted by atomic mass is 32.1.